The van der Waals surface area contributed by atoms with E-state index in [0.717, 1.165) is 50.7 Å². The molecule has 3 heteroatoms. The lowest BCUT2D eigenvalue weighted by Gasteiger charge is -2.68. The second-order valence-corrected chi connectivity index (χ2v) is 12.1. The standard InChI is InChI=1S/C28H42O3/c1-25(2)21-13-17-27(4)22(26(21,3)15-14-23(25)29)10-11-24(30)28(27,5)16-12-19-8-7-9-20(18-19)31-6/h7-9,18,21-23,29H,10-17H2,1-6H3/t21-,22+,23-,26-,27+,28+/m0/s1. The molecule has 1 N–H and O–H groups in total. The van der Waals surface area contributed by atoms with Gasteiger partial charge in [0, 0.05) is 11.8 Å². The zero-order valence-electron chi connectivity index (χ0n) is 20.5. The summed E-state index contributed by atoms with van der Waals surface area (Å²) in [5.41, 5.74) is 1.12. The largest absolute Gasteiger partial charge is 0.497 e. The van der Waals surface area contributed by atoms with Gasteiger partial charge in [-0.2, -0.15) is 0 Å². The van der Waals surface area contributed by atoms with Crippen molar-refractivity contribution in [3.63, 3.8) is 0 Å². The van der Waals surface area contributed by atoms with Crippen LogP contribution in [0.15, 0.2) is 24.3 Å². The molecular formula is C28H42O3. The van der Waals surface area contributed by atoms with Crippen molar-refractivity contribution >= 4 is 5.78 Å². The third kappa shape index (κ3) is 3.29. The average Bonchev–Trinajstić information content (AvgIpc) is 2.73. The first kappa shape index (κ1) is 22.8. The molecule has 3 aliphatic carbocycles. The minimum absolute atomic E-state index is 0.0187. The molecule has 1 aromatic carbocycles. The summed E-state index contributed by atoms with van der Waals surface area (Å²) in [4.78, 5) is 13.5. The molecule has 0 aliphatic heterocycles. The van der Waals surface area contributed by atoms with Crippen LogP contribution >= 0.6 is 0 Å². The second-order valence-electron chi connectivity index (χ2n) is 12.1. The predicted molar refractivity (Wildman–Crippen MR) is 125 cm³/mol. The van der Waals surface area contributed by atoms with Gasteiger partial charge in [0.15, 0.2) is 0 Å². The van der Waals surface area contributed by atoms with E-state index in [9.17, 15) is 9.90 Å². The summed E-state index contributed by atoms with van der Waals surface area (Å²) in [6, 6.07) is 8.29. The fraction of sp³-hybridized carbons (Fsp3) is 0.750. The fourth-order valence-electron chi connectivity index (χ4n) is 8.37. The Morgan fingerprint density at radius 2 is 1.77 bits per heavy atom. The molecule has 1 aromatic rings. The van der Waals surface area contributed by atoms with Gasteiger partial charge in [0.2, 0.25) is 0 Å². The number of carbonyl (C=O) groups excluding carboxylic acids is 1. The van der Waals surface area contributed by atoms with E-state index < -0.39 is 0 Å². The van der Waals surface area contributed by atoms with Gasteiger partial charge in [-0.3, -0.25) is 4.79 Å². The Labute approximate surface area is 189 Å². The number of hydrogen-bond donors (Lipinski definition) is 1. The molecule has 0 spiro atoms. The summed E-state index contributed by atoms with van der Waals surface area (Å²) in [5, 5.41) is 10.8. The number of Topliss-reactive ketones (excluding diaryl/α,β-unsaturated/α-hetero) is 1. The number of aliphatic hydroxyl groups excluding tert-OH is 1. The van der Waals surface area contributed by atoms with Crippen molar-refractivity contribution in [3.8, 4) is 5.75 Å². The molecule has 0 saturated heterocycles. The van der Waals surface area contributed by atoms with Gasteiger partial charge < -0.3 is 9.84 Å². The topological polar surface area (TPSA) is 46.5 Å². The number of ether oxygens (including phenoxy) is 1. The summed E-state index contributed by atoms with van der Waals surface area (Å²) in [5.74, 6) is 2.42. The summed E-state index contributed by atoms with van der Waals surface area (Å²) >= 11 is 0. The quantitative estimate of drug-likeness (QED) is 0.622. The molecule has 172 valence electrons. The normalized spacial score (nSPS) is 41.9. The van der Waals surface area contributed by atoms with Crippen molar-refractivity contribution in [2.45, 2.75) is 92.1 Å². The third-order valence-electron chi connectivity index (χ3n) is 10.6. The highest BCUT2D eigenvalue weighted by Gasteiger charge is 2.66. The lowest BCUT2D eigenvalue weighted by atomic mass is 9.36. The molecule has 3 saturated carbocycles. The zero-order chi connectivity index (χ0) is 22.7. The number of benzene rings is 1. The highest BCUT2D eigenvalue weighted by Crippen LogP contribution is 2.71. The van der Waals surface area contributed by atoms with Crippen LogP contribution in [0.25, 0.3) is 0 Å². The molecular weight excluding hydrogens is 384 g/mol. The van der Waals surface area contributed by atoms with E-state index in [1.807, 2.05) is 12.1 Å². The number of aliphatic hydroxyl groups is 1. The van der Waals surface area contributed by atoms with Crippen molar-refractivity contribution in [2.24, 2.45) is 33.5 Å². The molecule has 3 fully saturated rings. The van der Waals surface area contributed by atoms with Gasteiger partial charge in [-0.15, -0.1) is 0 Å². The van der Waals surface area contributed by atoms with E-state index in [2.05, 4.69) is 46.8 Å². The van der Waals surface area contributed by atoms with Crippen molar-refractivity contribution in [1.29, 1.82) is 0 Å². The maximum atomic E-state index is 13.5. The van der Waals surface area contributed by atoms with Gasteiger partial charge in [-0.1, -0.05) is 46.8 Å². The van der Waals surface area contributed by atoms with Gasteiger partial charge in [-0.05, 0) is 90.7 Å². The first-order valence-corrected chi connectivity index (χ1v) is 12.3. The van der Waals surface area contributed by atoms with Crippen LogP contribution in [0.3, 0.4) is 0 Å². The molecule has 3 aliphatic rings. The molecule has 31 heavy (non-hydrogen) atoms. The highest BCUT2D eigenvalue weighted by atomic mass is 16.5. The summed E-state index contributed by atoms with van der Waals surface area (Å²) < 4.78 is 5.41. The van der Waals surface area contributed by atoms with Crippen molar-refractivity contribution in [1.82, 2.24) is 0 Å². The molecule has 0 unspecified atom stereocenters. The Morgan fingerprint density at radius 1 is 1.03 bits per heavy atom. The SMILES string of the molecule is COc1cccc(CC[C@]2(C)C(=O)CC[C@@H]3[C@@]4(C)CC[C@H](O)C(C)(C)[C@@H]4CC[C@]32C)c1. The van der Waals surface area contributed by atoms with Gasteiger partial charge in [0.25, 0.3) is 0 Å². The predicted octanol–water partition coefficient (Wildman–Crippen LogP) is 6.22. The first-order valence-electron chi connectivity index (χ1n) is 12.3. The van der Waals surface area contributed by atoms with Crippen LogP contribution in [0.5, 0.6) is 5.75 Å². The second kappa shape index (κ2) is 7.61. The summed E-state index contributed by atoms with van der Waals surface area (Å²) in [6.45, 7) is 11.7. The molecule has 3 nitrogen and oxygen atoms in total. The van der Waals surface area contributed by atoms with Gasteiger partial charge in [-0.25, -0.2) is 0 Å². The average molecular weight is 427 g/mol. The van der Waals surface area contributed by atoms with Gasteiger partial charge in [0.05, 0.1) is 13.2 Å². The Kier molecular flexibility index (Phi) is 5.60. The number of ketones is 1. The number of hydrogen-bond acceptors (Lipinski definition) is 3. The molecule has 0 radical (unpaired) electrons. The lowest BCUT2D eigenvalue weighted by molar-refractivity contribution is -0.210. The van der Waals surface area contributed by atoms with Crippen LogP contribution in [-0.2, 0) is 11.2 Å². The van der Waals surface area contributed by atoms with Crippen molar-refractivity contribution < 1.29 is 14.6 Å². The Bertz CT molecular complexity index is 844. The van der Waals surface area contributed by atoms with Crippen LogP contribution in [0.1, 0.15) is 85.1 Å². The first-order chi connectivity index (χ1) is 14.5. The van der Waals surface area contributed by atoms with Crippen LogP contribution < -0.4 is 4.74 Å². The Morgan fingerprint density at radius 3 is 2.48 bits per heavy atom. The van der Waals surface area contributed by atoms with Crippen LogP contribution in [0.4, 0.5) is 0 Å². The third-order valence-corrected chi connectivity index (χ3v) is 10.6. The lowest BCUT2D eigenvalue weighted by Crippen LogP contribution is -2.64. The van der Waals surface area contributed by atoms with E-state index in [4.69, 9.17) is 4.74 Å². The number of rotatable bonds is 4. The van der Waals surface area contributed by atoms with E-state index >= 15 is 0 Å². The Balaban J connectivity index is 1.65. The van der Waals surface area contributed by atoms with Crippen LogP contribution in [-0.4, -0.2) is 24.1 Å². The monoisotopic (exact) mass is 426 g/mol. The summed E-state index contributed by atoms with van der Waals surface area (Å²) in [6.07, 6.45) is 7.52. The molecule has 6 atom stereocenters. The van der Waals surface area contributed by atoms with Gasteiger partial charge in [0.1, 0.15) is 11.5 Å². The fourth-order valence-corrected chi connectivity index (χ4v) is 8.37. The highest BCUT2D eigenvalue weighted by molar-refractivity contribution is 5.86. The zero-order valence-corrected chi connectivity index (χ0v) is 20.5. The number of aryl methyl sites for hydroxylation is 1. The van der Waals surface area contributed by atoms with Crippen molar-refractivity contribution in [3.05, 3.63) is 29.8 Å². The van der Waals surface area contributed by atoms with Crippen LogP contribution in [0.2, 0.25) is 0 Å². The molecule has 0 aromatic heterocycles. The minimum atomic E-state index is -0.298. The van der Waals surface area contributed by atoms with Crippen molar-refractivity contribution in [2.75, 3.05) is 7.11 Å². The van der Waals surface area contributed by atoms with Gasteiger partial charge >= 0.3 is 0 Å². The molecule has 4 rings (SSSR count). The maximum Gasteiger partial charge on any atom is 0.139 e. The molecule has 0 bridgehead atoms. The summed E-state index contributed by atoms with van der Waals surface area (Å²) in [7, 11) is 1.71. The Hall–Kier alpha value is -1.35. The number of methoxy groups -OCH3 is 1. The molecule has 0 amide bonds. The van der Waals surface area contributed by atoms with E-state index in [1.165, 1.54) is 5.56 Å². The van der Waals surface area contributed by atoms with E-state index in [1.54, 1.807) is 7.11 Å². The smallest absolute Gasteiger partial charge is 0.139 e. The van der Waals surface area contributed by atoms with Crippen LogP contribution in [0, 0.1) is 33.5 Å². The molecule has 0 heterocycles. The number of carbonyl (C=O) groups is 1. The maximum absolute atomic E-state index is 13.5. The van der Waals surface area contributed by atoms with E-state index in [0.29, 0.717) is 24.0 Å². The van der Waals surface area contributed by atoms with E-state index in [-0.39, 0.29) is 27.8 Å². The minimum Gasteiger partial charge on any atom is -0.497 e. The number of fused-ring (bicyclic) bond motifs is 3.